The summed E-state index contributed by atoms with van der Waals surface area (Å²) in [6.07, 6.45) is 4.75. The van der Waals surface area contributed by atoms with Crippen molar-refractivity contribution in [1.29, 1.82) is 0 Å². The van der Waals surface area contributed by atoms with E-state index in [-0.39, 0.29) is 24.5 Å². The van der Waals surface area contributed by atoms with E-state index in [1.807, 2.05) is 6.92 Å². The molecule has 0 rings (SSSR count). The smallest absolute Gasteiger partial charge is 0.223 e. The molecule has 2 N–H and O–H groups in total. The highest BCUT2D eigenvalue weighted by Crippen LogP contribution is 2.13. The SMILES string of the molecule is CCCC(CCC)C(=O)NC(CC)CO. The molecule has 0 bridgehead atoms. The lowest BCUT2D eigenvalue weighted by atomic mass is 9.97. The molecule has 0 aliphatic carbocycles. The van der Waals surface area contributed by atoms with Crippen molar-refractivity contribution in [2.45, 2.75) is 58.9 Å². The molecule has 1 amide bonds. The van der Waals surface area contributed by atoms with Crippen molar-refractivity contribution in [1.82, 2.24) is 5.32 Å². The molecule has 0 aliphatic rings. The topological polar surface area (TPSA) is 49.3 Å². The first kappa shape index (κ1) is 14.4. The lowest BCUT2D eigenvalue weighted by Crippen LogP contribution is -2.40. The van der Waals surface area contributed by atoms with Gasteiger partial charge in [-0.25, -0.2) is 0 Å². The molecule has 3 heteroatoms. The van der Waals surface area contributed by atoms with Crippen molar-refractivity contribution < 1.29 is 9.90 Å². The summed E-state index contributed by atoms with van der Waals surface area (Å²) >= 11 is 0. The van der Waals surface area contributed by atoms with Gasteiger partial charge in [-0.3, -0.25) is 4.79 Å². The number of carbonyl (C=O) groups excluding carboxylic acids is 1. The Balaban J connectivity index is 4.10. The van der Waals surface area contributed by atoms with Crippen LogP contribution >= 0.6 is 0 Å². The van der Waals surface area contributed by atoms with Gasteiger partial charge in [0.1, 0.15) is 0 Å². The van der Waals surface area contributed by atoms with Gasteiger partial charge in [-0.2, -0.15) is 0 Å². The quantitative estimate of drug-likeness (QED) is 0.651. The van der Waals surface area contributed by atoms with Gasteiger partial charge in [0.05, 0.1) is 12.6 Å². The van der Waals surface area contributed by atoms with Crippen molar-refractivity contribution in [2.75, 3.05) is 6.61 Å². The number of hydrogen-bond acceptors (Lipinski definition) is 2. The van der Waals surface area contributed by atoms with Gasteiger partial charge < -0.3 is 10.4 Å². The van der Waals surface area contributed by atoms with E-state index >= 15 is 0 Å². The number of nitrogens with one attached hydrogen (secondary N) is 1. The van der Waals surface area contributed by atoms with E-state index in [1.165, 1.54) is 0 Å². The second-order valence-electron chi connectivity index (χ2n) is 4.07. The van der Waals surface area contributed by atoms with Gasteiger partial charge in [0.25, 0.3) is 0 Å². The molecule has 0 aromatic rings. The van der Waals surface area contributed by atoms with Gasteiger partial charge in [-0.05, 0) is 19.3 Å². The van der Waals surface area contributed by atoms with Crippen LogP contribution in [0.2, 0.25) is 0 Å². The predicted octanol–water partition coefficient (Wildman–Crippen LogP) is 2.09. The molecule has 1 unspecified atom stereocenters. The van der Waals surface area contributed by atoms with Crippen molar-refractivity contribution in [3.63, 3.8) is 0 Å². The van der Waals surface area contributed by atoms with Gasteiger partial charge in [-0.1, -0.05) is 33.6 Å². The number of aliphatic hydroxyl groups is 1. The maximum atomic E-state index is 11.8. The summed E-state index contributed by atoms with van der Waals surface area (Å²) in [5.74, 6) is 0.236. The molecule has 3 nitrogen and oxygen atoms in total. The van der Waals surface area contributed by atoms with Crippen molar-refractivity contribution in [3.05, 3.63) is 0 Å². The standard InChI is InChI=1S/C12H25NO2/c1-4-7-10(8-5-2)12(15)13-11(6-3)9-14/h10-11,14H,4-9H2,1-3H3,(H,13,15). The first-order chi connectivity index (χ1) is 7.19. The van der Waals surface area contributed by atoms with E-state index in [0.29, 0.717) is 0 Å². The molecule has 0 aromatic heterocycles. The summed E-state index contributed by atoms with van der Waals surface area (Å²) in [5, 5.41) is 11.9. The average molecular weight is 215 g/mol. The van der Waals surface area contributed by atoms with Crippen LogP contribution in [0.3, 0.4) is 0 Å². The molecular weight excluding hydrogens is 190 g/mol. The van der Waals surface area contributed by atoms with E-state index in [9.17, 15) is 4.79 Å². The van der Waals surface area contributed by atoms with Crippen LogP contribution < -0.4 is 5.32 Å². The third-order valence-corrected chi connectivity index (χ3v) is 2.70. The van der Waals surface area contributed by atoms with E-state index in [0.717, 1.165) is 32.1 Å². The molecule has 0 radical (unpaired) electrons. The summed E-state index contributed by atoms with van der Waals surface area (Å²) in [5.41, 5.74) is 0. The van der Waals surface area contributed by atoms with Gasteiger partial charge >= 0.3 is 0 Å². The third kappa shape index (κ3) is 5.78. The van der Waals surface area contributed by atoms with Crippen LogP contribution in [0.5, 0.6) is 0 Å². The Kier molecular flexibility index (Phi) is 8.38. The van der Waals surface area contributed by atoms with Crippen LogP contribution in [0.1, 0.15) is 52.9 Å². The highest BCUT2D eigenvalue weighted by Gasteiger charge is 2.18. The molecule has 0 aromatic carbocycles. The molecule has 0 saturated heterocycles. The van der Waals surface area contributed by atoms with Crippen LogP contribution in [0.25, 0.3) is 0 Å². The van der Waals surface area contributed by atoms with Gasteiger partial charge in [0.2, 0.25) is 5.91 Å². The fourth-order valence-electron chi connectivity index (χ4n) is 1.70. The lowest BCUT2D eigenvalue weighted by Gasteiger charge is -2.19. The number of carbonyl (C=O) groups is 1. The van der Waals surface area contributed by atoms with Crippen LogP contribution in [-0.2, 0) is 4.79 Å². The monoisotopic (exact) mass is 215 g/mol. The van der Waals surface area contributed by atoms with Crippen molar-refractivity contribution in [2.24, 2.45) is 5.92 Å². The second kappa shape index (κ2) is 8.72. The summed E-state index contributed by atoms with van der Waals surface area (Å²) in [6, 6.07) is -0.0753. The molecule has 1 atom stereocenters. The fourth-order valence-corrected chi connectivity index (χ4v) is 1.70. The Labute approximate surface area is 93.3 Å². The predicted molar refractivity (Wildman–Crippen MR) is 62.6 cm³/mol. The maximum Gasteiger partial charge on any atom is 0.223 e. The third-order valence-electron chi connectivity index (χ3n) is 2.70. The Morgan fingerprint density at radius 3 is 2.07 bits per heavy atom. The number of aliphatic hydroxyl groups excluding tert-OH is 1. The zero-order chi connectivity index (χ0) is 11.7. The maximum absolute atomic E-state index is 11.8. The first-order valence-electron chi connectivity index (χ1n) is 6.10. The molecular formula is C12H25NO2. The Morgan fingerprint density at radius 1 is 1.20 bits per heavy atom. The zero-order valence-electron chi connectivity index (χ0n) is 10.3. The lowest BCUT2D eigenvalue weighted by molar-refractivity contribution is -0.126. The minimum Gasteiger partial charge on any atom is -0.394 e. The normalized spacial score (nSPS) is 12.9. The molecule has 0 aliphatic heterocycles. The largest absolute Gasteiger partial charge is 0.394 e. The Morgan fingerprint density at radius 2 is 1.73 bits per heavy atom. The highest BCUT2D eigenvalue weighted by atomic mass is 16.3. The zero-order valence-corrected chi connectivity index (χ0v) is 10.3. The summed E-state index contributed by atoms with van der Waals surface area (Å²) in [4.78, 5) is 11.8. The van der Waals surface area contributed by atoms with E-state index in [1.54, 1.807) is 0 Å². The van der Waals surface area contributed by atoms with E-state index in [2.05, 4.69) is 19.2 Å². The molecule has 0 spiro atoms. The Bertz CT molecular complexity index is 161. The van der Waals surface area contributed by atoms with Crippen molar-refractivity contribution >= 4 is 5.91 Å². The number of rotatable bonds is 8. The van der Waals surface area contributed by atoms with E-state index in [4.69, 9.17) is 5.11 Å². The first-order valence-corrected chi connectivity index (χ1v) is 6.10. The molecule has 0 fully saturated rings. The van der Waals surface area contributed by atoms with Crippen LogP contribution in [0.15, 0.2) is 0 Å². The van der Waals surface area contributed by atoms with E-state index < -0.39 is 0 Å². The fraction of sp³-hybridized carbons (Fsp3) is 0.917. The summed E-state index contributed by atoms with van der Waals surface area (Å²) in [6.45, 7) is 6.20. The number of amides is 1. The van der Waals surface area contributed by atoms with Crippen molar-refractivity contribution in [3.8, 4) is 0 Å². The van der Waals surface area contributed by atoms with Crippen LogP contribution in [0.4, 0.5) is 0 Å². The number of hydrogen-bond donors (Lipinski definition) is 2. The molecule has 0 saturated carbocycles. The second-order valence-corrected chi connectivity index (χ2v) is 4.07. The molecule has 0 heterocycles. The van der Waals surface area contributed by atoms with Gasteiger partial charge in [0.15, 0.2) is 0 Å². The van der Waals surface area contributed by atoms with Crippen LogP contribution in [0, 0.1) is 5.92 Å². The van der Waals surface area contributed by atoms with Gasteiger partial charge in [-0.15, -0.1) is 0 Å². The minimum atomic E-state index is -0.0753. The molecule has 15 heavy (non-hydrogen) atoms. The van der Waals surface area contributed by atoms with Gasteiger partial charge in [0, 0.05) is 5.92 Å². The minimum absolute atomic E-state index is 0.0349. The highest BCUT2D eigenvalue weighted by molar-refractivity contribution is 5.78. The summed E-state index contributed by atoms with van der Waals surface area (Å²) in [7, 11) is 0. The summed E-state index contributed by atoms with van der Waals surface area (Å²) < 4.78 is 0. The average Bonchev–Trinajstić information content (AvgIpc) is 2.25. The molecule has 90 valence electrons. The van der Waals surface area contributed by atoms with Crippen LogP contribution in [-0.4, -0.2) is 23.7 Å². The Hall–Kier alpha value is -0.570.